The van der Waals surface area contributed by atoms with Gasteiger partial charge in [0.05, 0.1) is 22.3 Å². The number of hydrogen-bond donors (Lipinski definition) is 0. The number of halogens is 3. The predicted octanol–water partition coefficient (Wildman–Crippen LogP) is 3.60. The summed E-state index contributed by atoms with van der Waals surface area (Å²) < 4.78 is 17.0. The highest BCUT2D eigenvalue weighted by atomic mass is 35.5. The Morgan fingerprint density at radius 2 is 2.10 bits per heavy atom. The van der Waals surface area contributed by atoms with Gasteiger partial charge in [-0.05, 0) is 25.1 Å². The number of aryl methyl sites for hydroxylation is 2. The van der Waals surface area contributed by atoms with E-state index in [1.807, 2.05) is 6.92 Å². The Labute approximate surface area is 124 Å². The van der Waals surface area contributed by atoms with Crippen LogP contribution < -0.4 is 0 Å². The van der Waals surface area contributed by atoms with Gasteiger partial charge in [-0.3, -0.25) is 4.57 Å². The van der Waals surface area contributed by atoms with Crippen LogP contribution in [0.1, 0.15) is 11.5 Å². The molecule has 0 aliphatic rings. The molecule has 0 saturated carbocycles. The van der Waals surface area contributed by atoms with Crippen LogP contribution in [0, 0.1) is 12.7 Å². The minimum atomic E-state index is -0.370. The molecule has 0 amide bonds. The zero-order chi connectivity index (χ0) is 14.4. The number of imidazole rings is 1. The number of hydrogen-bond acceptors (Lipinski definition) is 2. The molecule has 0 radical (unpaired) electrons. The second-order valence-electron chi connectivity index (χ2n) is 4.47. The lowest BCUT2D eigenvalue weighted by Gasteiger charge is -2.10. The molecular formula is C13H11Cl2FN4. The van der Waals surface area contributed by atoms with Crippen molar-refractivity contribution < 1.29 is 4.39 Å². The Bertz CT molecular complexity index is 806. The molecule has 104 valence electrons. The highest BCUT2D eigenvalue weighted by Crippen LogP contribution is 2.29. The summed E-state index contributed by atoms with van der Waals surface area (Å²) in [5, 5.41) is 4.74. The first-order valence-corrected chi connectivity index (χ1v) is 6.86. The molecule has 1 aromatic carbocycles. The third-order valence-corrected chi connectivity index (χ3v) is 3.70. The summed E-state index contributed by atoms with van der Waals surface area (Å²) in [6.45, 7) is 1.87. The van der Waals surface area contributed by atoms with E-state index in [1.165, 1.54) is 18.2 Å². The molecule has 0 aliphatic heterocycles. The summed E-state index contributed by atoms with van der Waals surface area (Å²) in [4.78, 5) is 4.47. The summed E-state index contributed by atoms with van der Waals surface area (Å²) in [7, 11) is 1.80. The van der Waals surface area contributed by atoms with Gasteiger partial charge in [0, 0.05) is 7.05 Å². The maximum atomic E-state index is 13.5. The third kappa shape index (κ3) is 1.89. The molecule has 3 aromatic rings. The molecule has 0 unspecified atom stereocenters. The van der Waals surface area contributed by atoms with Crippen molar-refractivity contribution in [2.24, 2.45) is 7.05 Å². The number of alkyl halides is 1. The van der Waals surface area contributed by atoms with E-state index in [9.17, 15) is 4.39 Å². The maximum Gasteiger partial charge on any atom is 0.163 e. The first-order chi connectivity index (χ1) is 9.52. The highest BCUT2D eigenvalue weighted by Gasteiger charge is 2.19. The van der Waals surface area contributed by atoms with Crippen molar-refractivity contribution in [2.45, 2.75) is 12.8 Å². The lowest BCUT2D eigenvalue weighted by atomic mass is 10.3. The normalized spacial score (nSPS) is 11.4. The fraction of sp³-hybridized carbons (Fsp3) is 0.231. The van der Waals surface area contributed by atoms with Crippen molar-refractivity contribution in [3.63, 3.8) is 0 Å². The van der Waals surface area contributed by atoms with Crippen molar-refractivity contribution in [3.05, 3.63) is 40.6 Å². The van der Waals surface area contributed by atoms with Gasteiger partial charge in [0.1, 0.15) is 17.2 Å². The van der Waals surface area contributed by atoms with Crippen LogP contribution in [0.5, 0.6) is 0 Å². The van der Waals surface area contributed by atoms with Gasteiger partial charge < -0.3 is 0 Å². The molecule has 0 N–H and O–H groups in total. The Kier molecular flexibility index (Phi) is 3.18. The SMILES string of the molecule is Cc1nn(C)c2c1nc(CCl)n2-c1cc(F)ccc1Cl. The number of aromatic nitrogens is 4. The van der Waals surface area contributed by atoms with Crippen LogP contribution in [0.2, 0.25) is 5.02 Å². The summed E-state index contributed by atoms with van der Waals surface area (Å²) in [6.07, 6.45) is 0. The lowest BCUT2D eigenvalue weighted by Crippen LogP contribution is -2.05. The molecule has 0 fully saturated rings. The standard InChI is InChI=1S/C13H11Cl2FN4/c1-7-12-13(19(2)18-7)20(11(6-14)17-12)10-5-8(16)3-4-9(10)15/h3-5H,6H2,1-2H3. The summed E-state index contributed by atoms with van der Waals surface area (Å²) >= 11 is 12.1. The van der Waals surface area contributed by atoms with Crippen molar-refractivity contribution in [3.8, 4) is 5.69 Å². The molecule has 7 heteroatoms. The molecule has 0 saturated heterocycles. The maximum absolute atomic E-state index is 13.5. The number of fused-ring (bicyclic) bond motifs is 1. The Morgan fingerprint density at radius 1 is 1.35 bits per heavy atom. The minimum absolute atomic E-state index is 0.195. The predicted molar refractivity (Wildman–Crippen MR) is 77.1 cm³/mol. The van der Waals surface area contributed by atoms with Crippen LogP contribution in [0.3, 0.4) is 0 Å². The topological polar surface area (TPSA) is 35.6 Å². The number of benzene rings is 1. The smallest absolute Gasteiger partial charge is 0.163 e. The Balaban J connectivity index is 2.42. The monoisotopic (exact) mass is 312 g/mol. The molecule has 3 rings (SSSR count). The second kappa shape index (κ2) is 4.75. The molecule has 0 atom stereocenters. The zero-order valence-corrected chi connectivity index (χ0v) is 12.4. The fourth-order valence-electron chi connectivity index (χ4n) is 2.32. The lowest BCUT2D eigenvalue weighted by molar-refractivity contribution is 0.626. The van der Waals surface area contributed by atoms with Crippen LogP contribution in [0.4, 0.5) is 4.39 Å². The van der Waals surface area contributed by atoms with E-state index in [4.69, 9.17) is 23.2 Å². The third-order valence-electron chi connectivity index (χ3n) is 3.14. The number of rotatable bonds is 2. The van der Waals surface area contributed by atoms with E-state index in [0.29, 0.717) is 16.5 Å². The quantitative estimate of drug-likeness (QED) is 0.678. The van der Waals surface area contributed by atoms with Crippen LogP contribution >= 0.6 is 23.2 Å². The van der Waals surface area contributed by atoms with Gasteiger partial charge in [0.25, 0.3) is 0 Å². The van der Waals surface area contributed by atoms with Gasteiger partial charge in [-0.15, -0.1) is 11.6 Å². The summed E-state index contributed by atoms with van der Waals surface area (Å²) in [6, 6.07) is 4.19. The van der Waals surface area contributed by atoms with E-state index in [1.54, 1.807) is 16.3 Å². The second-order valence-corrected chi connectivity index (χ2v) is 5.15. The average molecular weight is 313 g/mol. The van der Waals surface area contributed by atoms with Crippen LogP contribution in [-0.2, 0) is 12.9 Å². The zero-order valence-electron chi connectivity index (χ0n) is 10.9. The molecule has 0 spiro atoms. The van der Waals surface area contributed by atoms with Gasteiger partial charge in [-0.2, -0.15) is 5.10 Å². The van der Waals surface area contributed by atoms with Crippen LogP contribution in [-0.4, -0.2) is 19.3 Å². The van der Waals surface area contributed by atoms with E-state index in [-0.39, 0.29) is 11.7 Å². The molecule has 2 heterocycles. The van der Waals surface area contributed by atoms with Gasteiger partial charge in [0.15, 0.2) is 5.65 Å². The molecule has 0 bridgehead atoms. The van der Waals surface area contributed by atoms with Crippen LogP contribution in [0.25, 0.3) is 16.9 Å². The van der Waals surface area contributed by atoms with Crippen molar-refractivity contribution in [2.75, 3.05) is 0 Å². The fourth-order valence-corrected chi connectivity index (χ4v) is 2.70. The first kappa shape index (κ1) is 13.4. The summed E-state index contributed by atoms with van der Waals surface area (Å²) in [5.74, 6) is 0.428. The largest absolute Gasteiger partial charge is 0.278 e. The molecule has 0 aliphatic carbocycles. The minimum Gasteiger partial charge on any atom is -0.278 e. The van der Waals surface area contributed by atoms with Gasteiger partial charge in [-0.25, -0.2) is 14.1 Å². The van der Waals surface area contributed by atoms with E-state index in [2.05, 4.69) is 10.1 Å². The van der Waals surface area contributed by atoms with Crippen molar-refractivity contribution in [1.29, 1.82) is 0 Å². The van der Waals surface area contributed by atoms with Crippen LogP contribution in [0.15, 0.2) is 18.2 Å². The Morgan fingerprint density at radius 3 is 2.80 bits per heavy atom. The van der Waals surface area contributed by atoms with Crippen molar-refractivity contribution in [1.82, 2.24) is 19.3 Å². The molecule has 2 aromatic heterocycles. The molecule has 20 heavy (non-hydrogen) atoms. The Hall–Kier alpha value is -1.59. The van der Waals surface area contributed by atoms with Gasteiger partial charge >= 0.3 is 0 Å². The summed E-state index contributed by atoms with van der Waals surface area (Å²) in [5.41, 5.74) is 2.78. The van der Waals surface area contributed by atoms with Crippen molar-refractivity contribution >= 4 is 34.4 Å². The molecular weight excluding hydrogens is 302 g/mol. The van der Waals surface area contributed by atoms with Gasteiger partial charge in [-0.1, -0.05) is 11.6 Å². The van der Waals surface area contributed by atoms with Gasteiger partial charge in [0.2, 0.25) is 0 Å². The van der Waals surface area contributed by atoms with E-state index >= 15 is 0 Å². The highest BCUT2D eigenvalue weighted by molar-refractivity contribution is 6.32. The van der Waals surface area contributed by atoms with E-state index < -0.39 is 0 Å². The van der Waals surface area contributed by atoms with E-state index in [0.717, 1.165) is 16.9 Å². The average Bonchev–Trinajstić information content (AvgIpc) is 2.92. The number of nitrogens with zero attached hydrogens (tertiary/aromatic N) is 4. The molecule has 4 nitrogen and oxygen atoms in total. The first-order valence-electron chi connectivity index (χ1n) is 5.95.